The molecule has 2 amide bonds. The van der Waals surface area contributed by atoms with Crippen molar-refractivity contribution in [2.45, 2.75) is 36.8 Å². The van der Waals surface area contributed by atoms with E-state index in [9.17, 15) is 13.2 Å². The van der Waals surface area contributed by atoms with Crippen molar-refractivity contribution >= 4 is 32.8 Å². The Morgan fingerprint density at radius 2 is 1.76 bits per heavy atom. The van der Waals surface area contributed by atoms with E-state index < -0.39 is 10.0 Å². The number of anilines is 1. The van der Waals surface area contributed by atoms with E-state index >= 15 is 0 Å². The van der Waals surface area contributed by atoms with Gasteiger partial charge in [-0.25, -0.2) is 22.2 Å². The molecule has 0 atom stereocenters. The summed E-state index contributed by atoms with van der Waals surface area (Å²) in [6.07, 6.45) is 7.88. The van der Waals surface area contributed by atoms with Gasteiger partial charge < -0.3 is 5.32 Å². The number of nitrogens with zero attached hydrogens (tertiary/aromatic N) is 4. The zero-order valence-electron chi connectivity index (χ0n) is 19.2. The number of hydrogen-bond acceptors (Lipinski definition) is 5. The van der Waals surface area contributed by atoms with Gasteiger partial charge in [0.2, 0.25) is 10.0 Å². The van der Waals surface area contributed by atoms with Crippen LogP contribution >= 0.6 is 0 Å². The third-order valence-corrected chi connectivity index (χ3v) is 8.44. The topological polar surface area (TPSA) is 87.5 Å². The fourth-order valence-electron chi connectivity index (χ4n) is 5.49. The molecule has 33 heavy (non-hydrogen) atoms. The van der Waals surface area contributed by atoms with E-state index in [1.807, 2.05) is 12.1 Å². The first-order chi connectivity index (χ1) is 15.6. The highest BCUT2D eigenvalue weighted by molar-refractivity contribution is 7.89. The number of carbonyl (C=O) groups is 1. The summed E-state index contributed by atoms with van der Waals surface area (Å²) < 4.78 is 25.1. The van der Waals surface area contributed by atoms with Crippen LogP contribution in [-0.2, 0) is 15.6 Å². The van der Waals surface area contributed by atoms with Gasteiger partial charge in [0.25, 0.3) is 0 Å². The highest BCUT2D eigenvalue weighted by atomic mass is 32.2. The predicted molar refractivity (Wildman–Crippen MR) is 129 cm³/mol. The molecule has 3 heterocycles. The summed E-state index contributed by atoms with van der Waals surface area (Å²) in [5.74, 6) is 0. The number of aromatic nitrogens is 2. The summed E-state index contributed by atoms with van der Waals surface area (Å²) in [6.45, 7) is 0.574. The highest BCUT2D eigenvalue weighted by Crippen LogP contribution is 2.46. The third kappa shape index (κ3) is 3.59. The third-order valence-electron chi connectivity index (χ3n) is 7.43. The van der Waals surface area contributed by atoms with Gasteiger partial charge in [0.1, 0.15) is 0 Å². The van der Waals surface area contributed by atoms with Crippen LogP contribution < -0.4 is 10.2 Å². The van der Waals surface area contributed by atoms with Crippen LogP contribution in [0.1, 0.15) is 31.2 Å². The normalized spacial score (nSPS) is 25.8. The molecule has 0 unspecified atom stereocenters. The van der Waals surface area contributed by atoms with Crippen LogP contribution in [0.25, 0.3) is 11.0 Å². The summed E-state index contributed by atoms with van der Waals surface area (Å²) in [4.78, 5) is 21.4. The van der Waals surface area contributed by atoms with E-state index in [0.717, 1.165) is 35.9 Å². The van der Waals surface area contributed by atoms with Crippen molar-refractivity contribution in [1.29, 1.82) is 0 Å². The van der Waals surface area contributed by atoms with E-state index in [1.54, 1.807) is 17.2 Å². The van der Waals surface area contributed by atoms with Crippen molar-refractivity contribution in [3.63, 3.8) is 0 Å². The number of benzene rings is 1. The molecule has 1 aromatic carbocycles. The van der Waals surface area contributed by atoms with Crippen LogP contribution in [-0.4, -0.2) is 60.7 Å². The van der Waals surface area contributed by atoms with Crippen LogP contribution in [0.15, 0.2) is 54.9 Å². The van der Waals surface area contributed by atoms with Crippen molar-refractivity contribution in [2.75, 3.05) is 31.8 Å². The zero-order valence-corrected chi connectivity index (χ0v) is 20.0. The number of amides is 2. The molecule has 3 aromatic rings. The number of urea groups is 1. The second-order valence-electron chi connectivity index (χ2n) is 9.57. The molecule has 1 aliphatic carbocycles. The lowest BCUT2D eigenvalue weighted by Crippen LogP contribution is -2.54. The first-order valence-electron chi connectivity index (χ1n) is 11.1. The molecule has 8 nitrogen and oxygen atoms in total. The molecule has 1 saturated carbocycles. The van der Waals surface area contributed by atoms with Crippen molar-refractivity contribution in [3.05, 3.63) is 60.4 Å². The molecule has 5 rings (SSSR count). The molecule has 1 spiro atoms. The molecule has 2 aromatic heterocycles. The molecule has 0 bridgehead atoms. The standard InChI is InChI=1S/C24H29N5O3S/c1-27(2)24(19-7-5-4-6-8-19)12-10-23(11-13-24)17-28(22(30)26-23)20-15-18-9-14-29(33(3,31)32)21(18)25-16-20/h4-9,14-16H,10-13,17H2,1-3H3,(H,26,30)/t23-,24+. The molecule has 1 N–H and O–H groups in total. The van der Waals surface area contributed by atoms with Crippen LogP contribution in [0.2, 0.25) is 0 Å². The van der Waals surface area contributed by atoms with E-state index in [1.165, 1.54) is 11.8 Å². The maximum atomic E-state index is 13.0. The molecule has 1 saturated heterocycles. The first-order valence-corrected chi connectivity index (χ1v) is 13.0. The molecular weight excluding hydrogens is 438 g/mol. The van der Waals surface area contributed by atoms with Crippen molar-refractivity contribution in [2.24, 2.45) is 0 Å². The molecule has 2 fully saturated rings. The van der Waals surface area contributed by atoms with Crippen LogP contribution in [0.5, 0.6) is 0 Å². The molecule has 1 aliphatic heterocycles. The maximum Gasteiger partial charge on any atom is 0.322 e. The molecular formula is C24H29N5O3S. The smallest absolute Gasteiger partial charge is 0.322 e. The quantitative estimate of drug-likeness (QED) is 0.637. The maximum absolute atomic E-state index is 13.0. The Kier molecular flexibility index (Phi) is 5.02. The summed E-state index contributed by atoms with van der Waals surface area (Å²) >= 11 is 0. The average molecular weight is 468 g/mol. The van der Waals surface area contributed by atoms with Gasteiger partial charge in [-0.3, -0.25) is 9.80 Å². The summed E-state index contributed by atoms with van der Waals surface area (Å²) in [7, 11) is 0.831. The summed E-state index contributed by atoms with van der Waals surface area (Å²) in [5.41, 5.74) is 2.04. The van der Waals surface area contributed by atoms with E-state index in [0.29, 0.717) is 23.3 Å². The van der Waals surface area contributed by atoms with E-state index in [2.05, 4.69) is 53.6 Å². The Morgan fingerprint density at radius 1 is 1.06 bits per heavy atom. The van der Waals surface area contributed by atoms with Gasteiger partial charge >= 0.3 is 6.03 Å². The Balaban J connectivity index is 1.39. The van der Waals surface area contributed by atoms with Crippen molar-refractivity contribution < 1.29 is 13.2 Å². The second kappa shape index (κ2) is 7.56. The van der Waals surface area contributed by atoms with Crippen LogP contribution in [0, 0.1) is 0 Å². The Morgan fingerprint density at radius 3 is 2.39 bits per heavy atom. The van der Waals surface area contributed by atoms with E-state index in [-0.39, 0.29) is 17.1 Å². The largest absolute Gasteiger partial charge is 0.330 e. The number of hydrogen-bond donors (Lipinski definition) is 1. The van der Waals surface area contributed by atoms with Crippen molar-refractivity contribution in [3.8, 4) is 0 Å². The first kappa shape index (κ1) is 21.9. The Labute approximate surface area is 194 Å². The number of rotatable bonds is 4. The zero-order chi connectivity index (χ0) is 23.4. The molecule has 9 heteroatoms. The average Bonchev–Trinajstić information content (AvgIpc) is 3.35. The monoisotopic (exact) mass is 467 g/mol. The molecule has 174 valence electrons. The Hall–Kier alpha value is -2.91. The lowest BCUT2D eigenvalue weighted by Gasteiger charge is -2.48. The summed E-state index contributed by atoms with van der Waals surface area (Å²) in [5, 5.41) is 3.95. The van der Waals surface area contributed by atoms with Crippen LogP contribution in [0.3, 0.4) is 0 Å². The molecule has 2 aliphatic rings. The van der Waals surface area contributed by atoms with Gasteiger partial charge in [0.15, 0.2) is 5.65 Å². The minimum absolute atomic E-state index is 0.0420. The minimum atomic E-state index is -3.43. The SMILES string of the molecule is CN(C)[C@]1(c2ccccc2)CC[C@]2(CC1)CN(c1cnc3c(ccn3S(C)(=O)=O)c1)C(=O)N2. The van der Waals surface area contributed by atoms with Gasteiger partial charge in [-0.05, 0) is 57.5 Å². The molecule has 0 radical (unpaired) electrons. The summed E-state index contributed by atoms with van der Waals surface area (Å²) in [6, 6.07) is 14.0. The highest BCUT2D eigenvalue weighted by Gasteiger charge is 2.50. The number of nitrogens with one attached hydrogen (secondary N) is 1. The van der Waals surface area contributed by atoms with E-state index in [4.69, 9.17) is 0 Å². The van der Waals surface area contributed by atoms with Gasteiger partial charge in [-0.15, -0.1) is 0 Å². The van der Waals surface area contributed by atoms with Crippen molar-refractivity contribution in [1.82, 2.24) is 19.2 Å². The lowest BCUT2D eigenvalue weighted by molar-refractivity contribution is 0.0658. The van der Waals surface area contributed by atoms with Gasteiger partial charge in [0, 0.05) is 17.1 Å². The fraction of sp³-hybridized carbons (Fsp3) is 0.417. The van der Waals surface area contributed by atoms with Gasteiger partial charge in [-0.2, -0.15) is 0 Å². The lowest BCUT2D eigenvalue weighted by atomic mass is 9.69. The number of pyridine rings is 1. The Bertz CT molecular complexity index is 1310. The second-order valence-corrected chi connectivity index (χ2v) is 11.4. The number of carbonyl (C=O) groups excluding carboxylic acids is 1. The predicted octanol–water partition coefficient (Wildman–Crippen LogP) is 3.14. The van der Waals surface area contributed by atoms with Gasteiger partial charge in [0.05, 0.1) is 30.2 Å². The fourth-order valence-corrected chi connectivity index (χ4v) is 6.24. The van der Waals surface area contributed by atoms with Crippen LogP contribution in [0.4, 0.5) is 10.5 Å². The minimum Gasteiger partial charge on any atom is -0.330 e. The number of fused-ring (bicyclic) bond motifs is 1. The van der Waals surface area contributed by atoms with Gasteiger partial charge in [-0.1, -0.05) is 30.3 Å².